The van der Waals surface area contributed by atoms with Crippen molar-refractivity contribution in [1.29, 1.82) is 0 Å². The zero-order chi connectivity index (χ0) is 19.4. The minimum Gasteiger partial charge on any atom is -0.361 e. The van der Waals surface area contributed by atoms with Gasteiger partial charge in [-0.05, 0) is 39.8 Å². The summed E-state index contributed by atoms with van der Waals surface area (Å²) < 4.78 is 5.15. The number of amides is 1. The van der Waals surface area contributed by atoms with Crippen molar-refractivity contribution in [3.8, 4) is 0 Å². The highest BCUT2D eigenvalue weighted by Crippen LogP contribution is 2.18. The van der Waals surface area contributed by atoms with Gasteiger partial charge in [0, 0.05) is 44.8 Å². The third-order valence-electron chi connectivity index (χ3n) is 5.19. The molecule has 2 aromatic heterocycles. The molecule has 0 unspecified atom stereocenters. The Hall–Kier alpha value is -2.64. The highest BCUT2D eigenvalue weighted by atomic mass is 16.5. The Balaban J connectivity index is 1.56. The molecule has 1 amide bonds. The van der Waals surface area contributed by atoms with Gasteiger partial charge in [0.15, 0.2) is 11.6 Å². The second kappa shape index (κ2) is 8.37. The molecule has 0 bridgehead atoms. The number of carbonyl (C=O) groups is 1. The predicted molar refractivity (Wildman–Crippen MR) is 104 cm³/mol. The Morgan fingerprint density at radius 3 is 2.33 bits per heavy atom. The third-order valence-corrected chi connectivity index (χ3v) is 5.19. The van der Waals surface area contributed by atoms with E-state index in [2.05, 4.69) is 39.0 Å². The van der Waals surface area contributed by atoms with Gasteiger partial charge in [0.05, 0.1) is 12.1 Å². The van der Waals surface area contributed by atoms with E-state index in [-0.39, 0.29) is 5.91 Å². The van der Waals surface area contributed by atoms with E-state index in [1.165, 1.54) is 0 Å². The molecule has 0 saturated carbocycles. The SMILES string of the molecule is CCN(CC)c1ccc(N2CCN(C(=O)Cc3c(C)noc3C)CC2)nn1. The Labute approximate surface area is 160 Å². The van der Waals surface area contributed by atoms with Crippen LogP contribution in [0.1, 0.15) is 30.9 Å². The molecule has 3 heterocycles. The van der Waals surface area contributed by atoms with E-state index in [0.29, 0.717) is 19.5 Å². The Morgan fingerprint density at radius 1 is 1.11 bits per heavy atom. The molecule has 8 heteroatoms. The van der Waals surface area contributed by atoms with Gasteiger partial charge >= 0.3 is 0 Å². The number of hydrogen-bond donors (Lipinski definition) is 0. The summed E-state index contributed by atoms with van der Waals surface area (Å²) >= 11 is 0. The van der Waals surface area contributed by atoms with Crippen LogP contribution in [-0.2, 0) is 11.2 Å². The topological polar surface area (TPSA) is 78.6 Å². The van der Waals surface area contributed by atoms with Crippen molar-refractivity contribution >= 4 is 17.5 Å². The molecule has 8 nitrogen and oxygen atoms in total. The number of piperazine rings is 1. The lowest BCUT2D eigenvalue weighted by molar-refractivity contribution is -0.130. The van der Waals surface area contributed by atoms with Gasteiger partial charge in [-0.3, -0.25) is 4.79 Å². The van der Waals surface area contributed by atoms with Crippen LogP contribution in [0, 0.1) is 13.8 Å². The van der Waals surface area contributed by atoms with Gasteiger partial charge in [-0.15, -0.1) is 10.2 Å². The van der Waals surface area contributed by atoms with Crippen molar-refractivity contribution in [1.82, 2.24) is 20.3 Å². The van der Waals surface area contributed by atoms with Crippen LogP contribution in [0.5, 0.6) is 0 Å². The van der Waals surface area contributed by atoms with Crippen LogP contribution in [0.15, 0.2) is 16.7 Å². The van der Waals surface area contributed by atoms with Gasteiger partial charge < -0.3 is 19.2 Å². The Kier molecular flexibility index (Phi) is 5.93. The second-order valence-corrected chi connectivity index (χ2v) is 6.77. The van der Waals surface area contributed by atoms with Crippen LogP contribution in [0.25, 0.3) is 0 Å². The van der Waals surface area contributed by atoms with E-state index in [1.54, 1.807) is 0 Å². The quantitative estimate of drug-likeness (QED) is 0.765. The molecule has 0 aliphatic carbocycles. The van der Waals surface area contributed by atoms with Crippen LogP contribution < -0.4 is 9.80 Å². The third kappa shape index (κ3) is 4.20. The van der Waals surface area contributed by atoms with Crippen LogP contribution in [-0.4, -0.2) is 65.4 Å². The van der Waals surface area contributed by atoms with Crippen LogP contribution in [0.2, 0.25) is 0 Å². The number of aromatic nitrogens is 3. The van der Waals surface area contributed by atoms with E-state index < -0.39 is 0 Å². The summed E-state index contributed by atoms with van der Waals surface area (Å²) in [5, 5.41) is 12.7. The maximum Gasteiger partial charge on any atom is 0.227 e. The zero-order valence-electron chi connectivity index (χ0n) is 16.6. The molecule has 1 aliphatic rings. The van der Waals surface area contributed by atoms with Crippen molar-refractivity contribution in [2.45, 2.75) is 34.1 Å². The number of hydrogen-bond acceptors (Lipinski definition) is 7. The van der Waals surface area contributed by atoms with Crippen molar-refractivity contribution in [2.75, 3.05) is 49.1 Å². The first-order valence-corrected chi connectivity index (χ1v) is 9.56. The Bertz CT molecular complexity index is 742. The lowest BCUT2D eigenvalue weighted by atomic mass is 10.1. The second-order valence-electron chi connectivity index (χ2n) is 6.77. The largest absolute Gasteiger partial charge is 0.361 e. The average Bonchev–Trinajstić information content (AvgIpc) is 3.01. The van der Waals surface area contributed by atoms with E-state index >= 15 is 0 Å². The molecule has 0 N–H and O–H groups in total. The standard InChI is InChI=1S/C19H28N6O2/c1-5-23(6-2)17-7-8-18(21-20-17)24-9-11-25(12-10-24)19(26)13-16-14(3)22-27-15(16)4/h7-8H,5-6,9-13H2,1-4H3. The highest BCUT2D eigenvalue weighted by Gasteiger charge is 2.24. The molecule has 1 fully saturated rings. The van der Waals surface area contributed by atoms with Crippen molar-refractivity contribution in [2.24, 2.45) is 0 Å². The summed E-state index contributed by atoms with van der Waals surface area (Å²) in [6.07, 6.45) is 0.347. The van der Waals surface area contributed by atoms with E-state index in [0.717, 1.165) is 54.8 Å². The fraction of sp³-hybridized carbons (Fsp3) is 0.579. The van der Waals surface area contributed by atoms with Crippen LogP contribution in [0.4, 0.5) is 11.6 Å². The predicted octanol–water partition coefficient (Wildman–Crippen LogP) is 1.82. The number of aryl methyl sites for hydroxylation is 2. The number of nitrogens with zero attached hydrogens (tertiary/aromatic N) is 6. The average molecular weight is 372 g/mol. The maximum absolute atomic E-state index is 12.6. The first kappa shape index (κ1) is 19.1. The van der Waals surface area contributed by atoms with Crippen molar-refractivity contribution < 1.29 is 9.32 Å². The Morgan fingerprint density at radius 2 is 1.81 bits per heavy atom. The van der Waals surface area contributed by atoms with Crippen molar-refractivity contribution in [3.05, 3.63) is 29.2 Å². The molecule has 3 rings (SSSR count). The molecule has 1 saturated heterocycles. The number of rotatable bonds is 6. The summed E-state index contributed by atoms with van der Waals surface area (Å²) in [5.41, 5.74) is 1.70. The molecular weight excluding hydrogens is 344 g/mol. The first-order chi connectivity index (χ1) is 13.0. The molecule has 146 valence electrons. The van der Waals surface area contributed by atoms with Gasteiger partial charge in [-0.2, -0.15) is 0 Å². The van der Waals surface area contributed by atoms with E-state index in [1.807, 2.05) is 30.9 Å². The van der Waals surface area contributed by atoms with Crippen LogP contribution in [0.3, 0.4) is 0 Å². The summed E-state index contributed by atoms with van der Waals surface area (Å²) in [5.74, 6) is 2.61. The van der Waals surface area contributed by atoms with E-state index in [9.17, 15) is 4.79 Å². The molecule has 0 radical (unpaired) electrons. The van der Waals surface area contributed by atoms with Gasteiger partial charge in [0.2, 0.25) is 5.91 Å². The fourth-order valence-corrected chi connectivity index (χ4v) is 3.41. The summed E-state index contributed by atoms with van der Waals surface area (Å²) in [7, 11) is 0. The maximum atomic E-state index is 12.6. The van der Waals surface area contributed by atoms with Crippen LogP contribution >= 0.6 is 0 Å². The minimum absolute atomic E-state index is 0.118. The number of carbonyl (C=O) groups excluding carboxylic acids is 1. The molecule has 1 aliphatic heterocycles. The monoisotopic (exact) mass is 372 g/mol. The number of anilines is 2. The fourth-order valence-electron chi connectivity index (χ4n) is 3.41. The molecule has 27 heavy (non-hydrogen) atoms. The van der Waals surface area contributed by atoms with E-state index in [4.69, 9.17) is 4.52 Å². The molecule has 2 aromatic rings. The normalized spacial score (nSPS) is 14.5. The van der Waals surface area contributed by atoms with Gasteiger partial charge in [-0.1, -0.05) is 5.16 Å². The summed E-state index contributed by atoms with van der Waals surface area (Å²) in [4.78, 5) is 18.9. The van der Waals surface area contributed by atoms with Gasteiger partial charge in [-0.25, -0.2) is 0 Å². The van der Waals surface area contributed by atoms with Crippen molar-refractivity contribution in [3.63, 3.8) is 0 Å². The molecule has 0 atom stereocenters. The lowest BCUT2D eigenvalue weighted by Crippen LogP contribution is -2.49. The molecular formula is C19H28N6O2. The molecule has 0 aromatic carbocycles. The highest BCUT2D eigenvalue weighted by molar-refractivity contribution is 5.79. The minimum atomic E-state index is 0.118. The summed E-state index contributed by atoms with van der Waals surface area (Å²) in [6, 6.07) is 4.03. The van der Waals surface area contributed by atoms with Gasteiger partial charge in [0.1, 0.15) is 5.76 Å². The molecule has 0 spiro atoms. The zero-order valence-corrected chi connectivity index (χ0v) is 16.6. The first-order valence-electron chi connectivity index (χ1n) is 9.56. The van der Waals surface area contributed by atoms with Gasteiger partial charge in [0.25, 0.3) is 0 Å². The lowest BCUT2D eigenvalue weighted by Gasteiger charge is -2.35. The smallest absolute Gasteiger partial charge is 0.227 e. The summed E-state index contributed by atoms with van der Waals surface area (Å²) in [6.45, 7) is 12.6.